The van der Waals surface area contributed by atoms with Gasteiger partial charge in [0.15, 0.2) is 5.65 Å². The van der Waals surface area contributed by atoms with Crippen LogP contribution in [0.5, 0.6) is 0 Å². The Kier molecular flexibility index (Phi) is 5.19. The third-order valence-corrected chi connectivity index (χ3v) is 6.54. The van der Waals surface area contributed by atoms with Gasteiger partial charge >= 0.3 is 0 Å². The van der Waals surface area contributed by atoms with E-state index in [1.165, 1.54) is 24.8 Å². The first-order valence-electron chi connectivity index (χ1n) is 11.0. The molecule has 2 aliphatic rings. The fraction of sp³-hybridized carbons (Fsp3) is 0.522. The first-order chi connectivity index (χ1) is 14.3. The lowest BCUT2D eigenvalue weighted by Crippen LogP contribution is -2.35. The van der Waals surface area contributed by atoms with Gasteiger partial charge in [0, 0.05) is 19.0 Å². The van der Waals surface area contributed by atoms with Crippen LogP contribution in [0, 0.1) is 0 Å². The Bertz CT molecular complexity index is 1020. The second-order valence-corrected chi connectivity index (χ2v) is 8.63. The number of fused-ring (bicyclic) bond motifs is 1. The van der Waals surface area contributed by atoms with Crippen molar-refractivity contribution in [3.63, 3.8) is 0 Å². The zero-order valence-corrected chi connectivity index (χ0v) is 16.9. The van der Waals surface area contributed by atoms with E-state index in [9.17, 15) is 4.79 Å². The largest absolute Gasteiger partial charge is 0.310 e. The zero-order valence-electron chi connectivity index (χ0n) is 16.9. The van der Waals surface area contributed by atoms with Crippen LogP contribution in [-0.4, -0.2) is 37.7 Å². The lowest BCUT2D eigenvalue weighted by Gasteiger charge is -2.32. The summed E-state index contributed by atoms with van der Waals surface area (Å²) in [5, 5.41) is 5.18. The number of aromatic nitrogens is 4. The van der Waals surface area contributed by atoms with Gasteiger partial charge in [0.05, 0.1) is 12.2 Å². The molecule has 0 bridgehead atoms. The van der Waals surface area contributed by atoms with Gasteiger partial charge in [-0.2, -0.15) is 5.10 Å². The van der Waals surface area contributed by atoms with E-state index in [0.717, 1.165) is 56.8 Å². The van der Waals surface area contributed by atoms with Crippen LogP contribution < -0.4 is 5.56 Å². The monoisotopic (exact) mass is 391 g/mol. The van der Waals surface area contributed by atoms with Gasteiger partial charge in [-0.3, -0.25) is 9.69 Å². The first-order valence-corrected chi connectivity index (χ1v) is 11.0. The third-order valence-electron chi connectivity index (χ3n) is 6.54. The molecule has 152 valence electrons. The van der Waals surface area contributed by atoms with Crippen molar-refractivity contribution in [1.82, 2.24) is 24.6 Å². The Morgan fingerprint density at radius 1 is 1.03 bits per heavy atom. The van der Waals surface area contributed by atoms with Crippen LogP contribution in [0.4, 0.5) is 0 Å². The molecule has 0 radical (unpaired) electrons. The second kappa shape index (κ2) is 8.11. The molecular weight excluding hydrogens is 362 g/mol. The number of hydrogen-bond donors (Lipinski definition) is 1. The molecule has 1 saturated carbocycles. The fourth-order valence-electron chi connectivity index (χ4n) is 5.00. The van der Waals surface area contributed by atoms with Gasteiger partial charge in [0.25, 0.3) is 5.56 Å². The van der Waals surface area contributed by atoms with E-state index in [1.807, 2.05) is 4.68 Å². The Labute approximate surface area is 171 Å². The number of piperidine rings is 1. The normalized spacial score (nSPS) is 21.6. The van der Waals surface area contributed by atoms with Gasteiger partial charge in [0.1, 0.15) is 11.2 Å². The van der Waals surface area contributed by atoms with Crippen LogP contribution in [-0.2, 0) is 6.54 Å². The maximum absolute atomic E-state index is 12.7. The summed E-state index contributed by atoms with van der Waals surface area (Å²) in [5.41, 5.74) is 2.06. The van der Waals surface area contributed by atoms with E-state index in [2.05, 4.69) is 45.3 Å². The molecule has 3 heterocycles. The molecule has 5 rings (SSSR count). The Balaban J connectivity index is 1.41. The maximum atomic E-state index is 12.7. The summed E-state index contributed by atoms with van der Waals surface area (Å²) in [6.07, 6.45) is 9.93. The quantitative estimate of drug-likeness (QED) is 0.730. The van der Waals surface area contributed by atoms with Crippen LogP contribution in [0.15, 0.2) is 41.3 Å². The Morgan fingerprint density at radius 2 is 1.86 bits per heavy atom. The van der Waals surface area contributed by atoms with E-state index >= 15 is 0 Å². The molecule has 0 spiro atoms. The number of nitrogens with one attached hydrogen (secondary N) is 1. The fourth-order valence-corrected chi connectivity index (χ4v) is 5.00. The van der Waals surface area contributed by atoms with E-state index in [1.54, 1.807) is 6.20 Å². The minimum absolute atomic E-state index is 0.0488. The highest BCUT2D eigenvalue weighted by molar-refractivity contribution is 5.73. The van der Waals surface area contributed by atoms with Gasteiger partial charge in [-0.1, -0.05) is 49.6 Å². The minimum atomic E-state index is -0.0488. The molecule has 6 nitrogen and oxygen atoms in total. The molecule has 1 aromatic carbocycles. The standard InChI is InChI=1S/C23H29N5O/c29-23-20-14-24-28(19-11-5-2-6-12-19)22(20)25-21(26-23)18-10-7-13-27(16-18)15-17-8-3-1-4-9-17/h1,3-4,8-9,14,18-19H,2,5-7,10-13,15-16H2,(H,25,26,29). The summed E-state index contributed by atoms with van der Waals surface area (Å²) in [6.45, 7) is 2.97. The molecule has 6 heteroatoms. The van der Waals surface area contributed by atoms with E-state index in [0.29, 0.717) is 11.4 Å². The average Bonchev–Trinajstić information content (AvgIpc) is 3.20. The van der Waals surface area contributed by atoms with Gasteiger partial charge in [-0.25, -0.2) is 9.67 Å². The van der Waals surface area contributed by atoms with Gasteiger partial charge in [-0.05, 0) is 37.8 Å². The predicted molar refractivity (Wildman–Crippen MR) is 114 cm³/mol. The summed E-state index contributed by atoms with van der Waals surface area (Å²) >= 11 is 0. The summed E-state index contributed by atoms with van der Waals surface area (Å²) in [4.78, 5) is 23.3. The zero-order chi connectivity index (χ0) is 19.6. The number of likely N-dealkylation sites (tertiary alicyclic amines) is 1. The van der Waals surface area contributed by atoms with E-state index in [-0.39, 0.29) is 11.5 Å². The molecule has 2 aromatic heterocycles. The first kappa shape index (κ1) is 18.6. The van der Waals surface area contributed by atoms with Crippen LogP contribution in [0.2, 0.25) is 0 Å². The van der Waals surface area contributed by atoms with Crippen molar-refractivity contribution < 1.29 is 0 Å². The molecule has 1 N–H and O–H groups in total. The van der Waals surface area contributed by atoms with Crippen molar-refractivity contribution in [2.75, 3.05) is 13.1 Å². The lowest BCUT2D eigenvalue weighted by atomic mass is 9.95. The molecular formula is C23H29N5O. The van der Waals surface area contributed by atoms with Crippen molar-refractivity contribution in [3.05, 3.63) is 58.3 Å². The van der Waals surface area contributed by atoms with Gasteiger partial charge < -0.3 is 4.98 Å². The highest BCUT2D eigenvalue weighted by Crippen LogP contribution is 2.30. The summed E-state index contributed by atoms with van der Waals surface area (Å²) in [6, 6.07) is 11.0. The van der Waals surface area contributed by atoms with E-state index < -0.39 is 0 Å². The molecule has 1 atom stereocenters. The third kappa shape index (κ3) is 3.86. The maximum Gasteiger partial charge on any atom is 0.262 e. The highest BCUT2D eigenvalue weighted by Gasteiger charge is 2.26. The topological polar surface area (TPSA) is 66.8 Å². The van der Waals surface area contributed by atoms with Crippen molar-refractivity contribution in [2.24, 2.45) is 0 Å². The summed E-state index contributed by atoms with van der Waals surface area (Å²) < 4.78 is 2.03. The highest BCUT2D eigenvalue weighted by atomic mass is 16.1. The summed E-state index contributed by atoms with van der Waals surface area (Å²) in [5.74, 6) is 1.09. The molecule has 1 unspecified atom stereocenters. The number of H-pyrrole nitrogens is 1. The second-order valence-electron chi connectivity index (χ2n) is 8.63. The molecule has 1 aliphatic heterocycles. The summed E-state index contributed by atoms with van der Waals surface area (Å²) in [7, 11) is 0. The van der Waals surface area contributed by atoms with Crippen LogP contribution in [0.1, 0.15) is 68.3 Å². The number of aromatic amines is 1. The van der Waals surface area contributed by atoms with E-state index in [4.69, 9.17) is 4.98 Å². The SMILES string of the molecule is O=c1[nH]c(C2CCCN(Cc3ccccc3)C2)nc2c1cnn2C1CCCCC1. The molecule has 1 aliphatic carbocycles. The molecule has 3 aromatic rings. The molecule has 1 saturated heterocycles. The predicted octanol–water partition coefficient (Wildman–Crippen LogP) is 4.00. The van der Waals surface area contributed by atoms with Crippen molar-refractivity contribution in [3.8, 4) is 0 Å². The molecule has 29 heavy (non-hydrogen) atoms. The average molecular weight is 392 g/mol. The van der Waals surface area contributed by atoms with Crippen LogP contribution in [0.3, 0.4) is 0 Å². The Hall–Kier alpha value is -2.47. The van der Waals surface area contributed by atoms with Crippen LogP contribution >= 0.6 is 0 Å². The lowest BCUT2D eigenvalue weighted by molar-refractivity contribution is 0.196. The molecule has 2 fully saturated rings. The number of hydrogen-bond acceptors (Lipinski definition) is 4. The number of rotatable bonds is 4. The van der Waals surface area contributed by atoms with Crippen LogP contribution in [0.25, 0.3) is 11.0 Å². The van der Waals surface area contributed by atoms with Gasteiger partial charge in [0.2, 0.25) is 0 Å². The number of benzene rings is 1. The Morgan fingerprint density at radius 3 is 2.69 bits per heavy atom. The van der Waals surface area contributed by atoms with Crippen molar-refractivity contribution >= 4 is 11.0 Å². The smallest absolute Gasteiger partial charge is 0.262 e. The minimum Gasteiger partial charge on any atom is -0.310 e. The van der Waals surface area contributed by atoms with Crippen molar-refractivity contribution in [2.45, 2.75) is 63.5 Å². The van der Waals surface area contributed by atoms with Crippen molar-refractivity contribution in [1.29, 1.82) is 0 Å². The molecule has 0 amide bonds. The number of nitrogens with zero attached hydrogens (tertiary/aromatic N) is 4. The van der Waals surface area contributed by atoms with Gasteiger partial charge in [-0.15, -0.1) is 0 Å².